The minimum atomic E-state index is 0. The number of nitrogens with zero attached hydrogens (tertiary/aromatic N) is 2. The summed E-state index contributed by atoms with van der Waals surface area (Å²) in [5, 5.41) is 0. The van der Waals surface area contributed by atoms with E-state index in [1.165, 1.54) is 132 Å². The molecule has 0 radical (unpaired) electrons. The zero-order chi connectivity index (χ0) is 35.7. The van der Waals surface area contributed by atoms with E-state index in [1.54, 1.807) is 21.3 Å². The second kappa shape index (κ2) is 35.7. The van der Waals surface area contributed by atoms with E-state index in [9.17, 15) is 0 Å². The minimum absolute atomic E-state index is 0. The highest BCUT2D eigenvalue weighted by molar-refractivity contribution is 6.04. The molecule has 0 atom stereocenters. The number of ether oxygens (including phenoxy) is 1. The van der Waals surface area contributed by atoms with Crippen molar-refractivity contribution in [1.82, 2.24) is 4.57 Å². The molecular weight excluding hydrogens is 604 g/mol. The van der Waals surface area contributed by atoms with Crippen LogP contribution < -0.4 is 11.5 Å². The van der Waals surface area contributed by atoms with Gasteiger partial charge in [0.05, 0.1) is 5.69 Å². The van der Waals surface area contributed by atoms with Gasteiger partial charge in [0.25, 0.3) is 0 Å². The summed E-state index contributed by atoms with van der Waals surface area (Å²) in [6.45, 7) is 10.8. The molecule has 49 heavy (non-hydrogen) atoms. The molecule has 2 aromatic rings. The number of aliphatic imine (C=N–C) groups is 1. The molecular formula is C43H84N4O2. The van der Waals surface area contributed by atoms with Crippen LogP contribution in [0.5, 0.6) is 0 Å². The molecule has 1 aromatic carbocycles. The molecule has 6 N–H and O–H groups in total. The van der Waals surface area contributed by atoms with Crippen molar-refractivity contribution >= 4 is 5.84 Å². The number of hydrogen-bond donors (Lipinski definition) is 2. The maximum atomic E-state index is 6.38. The first-order valence-electron chi connectivity index (χ1n) is 20.1. The molecule has 0 aliphatic rings. The van der Waals surface area contributed by atoms with Crippen LogP contribution in [0.2, 0.25) is 0 Å². The summed E-state index contributed by atoms with van der Waals surface area (Å²) in [4.78, 5) is 4.34. The van der Waals surface area contributed by atoms with Crippen molar-refractivity contribution in [2.75, 3.05) is 27.8 Å². The largest absolute Gasteiger partial charge is 0.412 e. The predicted molar refractivity (Wildman–Crippen MR) is 221 cm³/mol. The molecule has 1 aromatic heterocycles. The van der Waals surface area contributed by atoms with Crippen LogP contribution in [0.25, 0.3) is 11.3 Å². The Balaban J connectivity index is -0.000000822. The summed E-state index contributed by atoms with van der Waals surface area (Å²) in [7, 11) is 5.03. The van der Waals surface area contributed by atoms with Crippen LogP contribution in [0.3, 0.4) is 0 Å². The van der Waals surface area contributed by atoms with Gasteiger partial charge in [0.1, 0.15) is 5.84 Å². The molecule has 0 aliphatic heterocycles. The van der Waals surface area contributed by atoms with Gasteiger partial charge in [-0.1, -0.05) is 180 Å². The maximum Gasteiger partial charge on any atom is 0.127 e. The molecule has 288 valence electrons. The number of benzene rings is 1. The van der Waals surface area contributed by atoms with Crippen molar-refractivity contribution in [3.05, 3.63) is 47.2 Å². The average Bonchev–Trinajstić information content (AvgIpc) is 3.42. The number of unbranched alkanes of at least 4 members (excludes halogenated alkanes) is 18. The van der Waals surface area contributed by atoms with Crippen LogP contribution >= 0.6 is 0 Å². The fourth-order valence-corrected chi connectivity index (χ4v) is 6.54. The summed E-state index contributed by atoms with van der Waals surface area (Å²) in [5.41, 5.74) is 18.4. The summed E-state index contributed by atoms with van der Waals surface area (Å²) in [5.74, 6) is 0.638. The normalized spacial score (nSPS) is 11.0. The molecule has 0 fully saturated rings. The number of nitrogens with two attached hydrogens (primary N) is 2. The Morgan fingerprint density at radius 2 is 1.10 bits per heavy atom. The van der Waals surface area contributed by atoms with E-state index in [0.717, 1.165) is 57.2 Å². The Labute approximate surface area is 306 Å². The lowest BCUT2D eigenvalue weighted by Gasteiger charge is -2.15. The number of hydrogen-bond acceptors (Lipinski definition) is 3. The van der Waals surface area contributed by atoms with Gasteiger partial charge in [0, 0.05) is 40.5 Å². The first-order valence-corrected chi connectivity index (χ1v) is 20.1. The van der Waals surface area contributed by atoms with Gasteiger partial charge >= 0.3 is 0 Å². The van der Waals surface area contributed by atoms with Crippen molar-refractivity contribution < 1.29 is 11.6 Å². The highest BCUT2D eigenvalue weighted by Crippen LogP contribution is 2.34. The Bertz CT molecular complexity index is 994. The fourth-order valence-electron chi connectivity index (χ4n) is 6.54. The lowest BCUT2D eigenvalue weighted by atomic mass is 10.00. The third-order valence-electron chi connectivity index (χ3n) is 9.16. The van der Waals surface area contributed by atoms with Gasteiger partial charge in [-0.15, -0.1) is 0 Å². The molecule has 0 aliphatic carbocycles. The molecule has 6 heteroatoms. The Kier molecular flexibility index (Phi) is 35.6. The maximum absolute atomic E-state index is 6.38. The standard InChI is InChI=1S/C22H34N4.C19H40.C2H6O.H2O.H2/c1-4-12-19-18(5-2)20(22(24)25-3)21(17-13-8-6-9-14-17)26(19)16-11-7-10-15-23;1-3-5-7-9-11-13-15-17-19-18-16-14-12-10-8-6-4-2;1-3-2;;/h6,8-9,13-14H,4-5,7,10-12,15-16,23H2,1-3H3,(H2,24,25);3-19H2,1-2H3;1-2H3;1H2;1H. The van der Waals surface area contributed by atoms with Gasteiger partial charge in [0.2, 0.25) is 0 Å². The van der Waals surface area contributed by atoms with Crippen LogP contribution in [0, 0.1) is 0 Å². The molecule has 6 nitrogen and oxygen atoms in total. The lowest BCUT2D eigenvalue weighted by molar-refractivity contribution is 0.277. The zero-order valence-corrected chi connectivity index (χ0v) is 33.5. The van der Waals surface area contributed by atoms with Crippen molar-refractivity contribution in [3.8, 4) is 11.3 Å². The first-order chi connectivity index (χ1) is 23.5. The predicted octanol–water partition coefficient (Wildman–Crippen LogP) is 11.5. The Morgan fingerprint density at radius 1 is 0.673 bits per heavy atom. The van der Waals surface area contributed by atoms with E-state index in [-0.39, 0.29) is 6.90 Å². The number of methoxy groups -OCH3 is 1. The van der Waals surface area contributed by atoms with Crippen LogP contribution in [-0.4, -0.2) is 43.7 Å². The van der Waals surface area contributed by atoms with Crippen molar-refractivity contribution in [1.29, 1.82) is 0 Å². The molecule has 1 heterocycles. The fraction of sp³-hybridized carbons (Fsp3) is 0.744. The second-order valence-electron chi connectivity index (χ2n) is 13.4. The molecule has 2 rings (SSSR count). The number of aromatic nitrogens is 1. The summed E-state index contributed by atoms with van der Waals surface area (Å²) in [6.07, 6.45) is 31.4. The summed E-state index contributed by atoms with van der Waals surface area (Å²) < 4.78 is 6.75. The van der Waals surface area contributed by atoms with Gasteiger partial charge in [0.15, 0.2) is 0 Å². The molecule has 0 spiro atoms. The molecule has 0 saturated carbocycles. The van der Waals surface area contributed by atoms with Crippen molar-refractivity contribution in [2.45, 2.75) is 182 Å². The Morgan fingerprint density at radius 3 is 1.47 bits per heavy atom. The van der Waals surface area contributed by atoms with E-state index in [1.807, 2.05) is 0 Å². The van der Waals surface area contributed by atoms with E-state index in [4.69, 9.17) is 11.5 Å². The smallest absolute Gasteiger partial charge is 0.127 e. The zero-order valence-electron chi connectivity index (χ0n) is 33.5. The van der Waals surface area contributed by atoms with Gasteiger partial charge < -0.3 is 26.2 Å². The average molecular weight is 689 g/mol. The second-order valence-corrected chi connectivity index (χ2v) is 13.4. The number of amidine groups is 1. The highest BCUT2D eigenvalue weighted by Gasteiger charge is 2.24. The topological polar surface area (TPSA) is 110 Å². The van der Waals surface area contributed by atoms with Gasteiger partial charge in [-0.05, 0) is 43.4 Å². The van der Waals surface area contributed by atoms with E-state index in [2.05, 4.69) is 72.3 Å². The summed E-state index contributed by atoms with van der Waals surface area (Å²) >= 11 is 0. The van der Waals surface area contributed by atoms with E-state index in [0.29, 0.717) is 5.84 Å². The van der Waals surface area contributed by atoms with Gasteiger partial charge in [-0.25, -0.2) is 0 Å². The van der Waals surface area contributed by atoms with Gasteiger partial charge in [-0.3, -0.25) is 4.99 Å². The van der Waals surface area contributed by atoms with Crippen LogP contribution in [0.1, 0.15) is 181 Å². The van der Waals surface area contributed by atoms with Crippen LogP contribution in [0.4, 0.5) is 0 Å². The van der Waals surface area contributed by atoms with Crippen molar-refractivity contribution in [2.24, 2.45) is 16.5 Å². The van der Waals surface area contributed by atoms with Crippen molar-refractivity contribution in [3.63, 3.8) is 0 Å². The third kappa shape index (κ3) is 22.3. The van der Waals surface area contributed by atoms with Crippen LogP contribution in [0.15, 0.2) is 35.3 Å². The van der Waals surface area contributed by atoms with Crippen LogP contribution in [-0.2, 0) is 24.1 Å². The molecule has 0 amide bonds. The third-order valence-corrected chi connectivity index (χ3v) is 9.16. The quantitative estimate of drug-likeness (QED) is 0.0583. The minimum Gasteiger partial charge on any atom is -0.412 e. The lowest BCUT2D eigenvalue weighted by Crippen LogP contribution is -2.16. The molecule has 0 unspecified atom stereocenters. The highest BCUT2D eigenvalue weighted by atomic mass is 16.4. The van der Waals surface area contributed by atoms with E-state index >= 15 is 0 Å². The van der Waals surface area contributed by atoms with E-state index < -0.39 is 0 Å². The van der Waals surface area contributed by atoms with Gasteiger partial charge in [-0.2, -0.15) is 0 Å². The number of rotatable bonds is 26. The Hall–Kier alpha value is -2.15. The SMILES string of the molecule is CCCCCCCCCCCCCCCCCCC.CCCc1c(CC)c(C(N)=NC)c(-c2ccccc2)n1CCCCCN.COC.O.[HH]. The molecule has 0 bridgehead atoms. The summed E-state index contributed by atoms with van der Waals surface area (Å²) in [6, 6.07) is 10.6. The monoisotopic (exact) mass is 689 g/mol. The molecule has 0 saturated heterocycles. The first kappa shape index (κ1) is 49.0.